The first-order valence-electron chi connectivity index (χ1n) is 9.77. The maximum Gasteiger partial charge on any atom is 0.146 e. The van der Waals surface area contributed by atoms with Gasteiger partial charge in [-0.2, -0.15) is 0 Å². The number of nitrogens with zero attached hydrogens (tertiary/aromatic N) is 3. The van der Waals surface area contributed by atoms with E-state index in [0.29, 0.717) is 0 Å². The van der Waals surface area contributed by atoms with E-state index < -0.39 is 0 Å². The molecule has 0 amide bonds. The third kappa shape index (κ3) is 4.18. The Bertz CT molecular complexity index is 1070. The summed E-state index contributed by atoms with van der Waals surface area (Å²) in [5, 5.41) is 9.03. The molecule has 1 aromatic carbocycles. The number of fused-ring (bicyclic) bond motifs is 1. The number of aromatic nitrogens is 2. The van der Waals surface area contributed by atoms with Gasteiger partial charge >= 0.3 is 0 Å². The number of morpholine rings is 1. The average molecular weight is 423 g/mol. The first-order chi connectivity index (χ1) is 14.4. The Labute approximate surface area is 178 Å². The minimum absolute atomic E-state index is 0.740. The molecule has 148 valence electrons. The van der Waals surface area contributed by atoms with Crippen molar-refractivity contribution in [3.63, 3.8) is 0 Å². The second-order valence-electron chi connectivity index (χ2n) is 7.02. The van der Waals surface area contributed by atoms with E-state index in [0.717, 1.165) is 61.3 Å². The van der Waals surface area contributed by atoms with Crippen LogP contribution in [0.5, 0.6) is 0 Å². The number of anilines is 1. The maximum atomic E-state index is 5.47. The molecule has 0 atom stereocenters. The number of benzene rings is 1. The van der Waals surface area contributed by atoms with Crippen molar-refractivity contribution in [3.05, 3.63) is 64.6 Å². The second kappa shape index (κ2) is 8.59. The van der Waals surface area contributed by atoms with E-state index in [9.17, 15) is 0 Å². The van der Waals surface area contributed by atoms with Crippen LogP contribution < -0.4 is 5.32 Å². The van der Waals surface area contributed by atoms with Gasteiger partial charge < -0.3 is 10.1 Å². The molecule has 3 aromatic heterocycles. The fourth-order valence-electron chi connectivity index (χ4n) is 3.54. The zero-order valence-corrected chi connectivity index (χ0v) is 17.6. The Hall–Kier alpha value is -2.32. The molecule has 4 aromatic rings. The van der Waals surface area contributed by atoms with Crippen LogP contribution in [-0.2, 0) is 17.8 Å². The van der Waals surface area contributed by atoms with Crippen molar-refractivity contribution in [2.75, 3.05) is 31.6 Å². The normalized spacial score (nSPS) is 15.0. The van der Waals surface area contributed by atoms with Crippen LogP contribution in [0.2, 0.25) is 0 Å². The summed E-state index contributed by atoms with van der Waals surface area (Å²) in [4.78, 5) is 14.5. The fraction of sp³-hybridized carbons (Fsp3) is 0.273. The Balaban J connectivity index is 1.51. The molecule has 0 unspecified atom stereocenters. The predicted octanol–water partition coefficient (Wildman–Crippen LogP) is 4.86. The van der Waals surface area contributed by atoms with E-state index in [1.165, 1.54) is 16.0 Å². The van der Waals surface area contributed by atoms with Gasteiger partial charge in [0.05, 0.1) is 25.1 Å². The monoisotopic (exact) mass is 422 g/mol. The van der Waals surface area contributed by atoms with Crippen molar-refractivity contribution < 1.29 is 4.74 Å². The zero-order valence-electron chi connectivity index (χ0n) is 16.0. The number of nitrogens with one attached hydrogen (secondary N) is 1. The summed E-state index contributed by atoms with van der Waals surface area (Å²) in [5.74, 6) is 1.79. The molecule has 0 radical (unpaired) electrons. The number of hydrogen-bond acceptors (Lipinski definition) is 7. The van der Waals surface area contributed by atoms with Gasteiger partial charge in [0.1, 0.15) is 16.5 Å². The molecule has 1 aliphatic rings. The molecule has 4 heterocycles. The van der Waals surface area contributed by atoms with Gasteiger partial charge in [0.25, 0.3) is 0 Å². The van der Waals surface area contributed by atoms with Gasteiger partial charge in [0.2, 0.25) is 0 Å². The van der Waals surface area contributed by atoms with Gasteiger partial charge in [-0.25, -0.2) is 9.97 Å². The smallest absolute Gasteiger partial charge is 0.146 e. The molecule has 1 saturated heterocycles. The van der Waals surface area contributed by atoms with Crippen molar-refractivity contribution >= 4 is 38.7 Å². The minimum atomic E-state index is 0.740. The maximum absolute atomic E-state index is 5.47. The summed E-state index contributed by atoms with van der Waals surface area (Å²) in [5.41, 5.74) is 2.45. The largest absolute Gasteiger partial charge is 0.379 e. The third-order valence-electron chi connectivity index (χ3n) is 5.04. The van der Waals surface area contributed by atoms with E-state index in [2.05, 4.69) is 57.4 Å². The van der Waals surface area contributed by atoms with E-state index >= 15 is 0 Å². The van der Waals surface area contributed by atoms with E-state index in [4.69, 9.17) is 14.7 Å². The SMILES string of the molecule is c1ccc(CNc2nc(CN3CCOCC3)nc3scc(-c4cccs4)c23)cc1. The van der Waals surface area contributed by atoms with Crippen LogP contribution in [0.25, 0.3) is 20.7 Å². The van der Waals surface area contributed by atoms with E-state index in [1.807, 2.05) is 6.07 Å². The van der Waals surface area contributed by atoms with Crippen molar-refractivity contribution in [2.24, 2.45) is 0 Å². The molecule has 1 aliphatic heterocycles. The molecular weight excluding hydrogens is 400 g/mol. The predicted molar refractivity (Wildman–Crippen MR) is 121 cm³/mol. The fourth-order valence-corrected chi connectivity index (χ4v) is 5.32. The molecular formula is C22H22N4OS2. The molecule has 29 heavy (non-hydrogen) atoms. The van der Waals surface area contributed by atoms with Crippen molar-refractivity contribution in [3.8, 4) is 10.4 Å². The lowest BCUT2D eigenvalue weighted by atomic mass is 10.2. The lowest BCUT2D eigenvalue weighted by Gasteiger charge is -2.25. The zero-order chi connectivity index (χ0) is 19.5. The van der Waals surface area contributed by atoms with Gasteiger partial charge in [-0.05, 0) is 17.0 Å². The number of rotatable bonds is 6. The molecule has 0 saturated carbocycles. The van der Waals surface area contributed by atoms with Gasteiger partial charge in [-0.3, -0.25) is 4.90 Å². The molecule has 0 bridgehead atoms. The number of hydrogen-bond donors (Lipinski definition) is 1. The van der Waals surface area contributed by atoms with Crippen LogP contribution in [0.3, 0.4) is 0 Å². The van der Waals surface area contributed by atoms with E-state index in [-0.39, 0.29) is 0 Å². The standard InChI is InChI=1S/C22H22N4OS2/c1-2-5-16(6-3-1)13-23-21-20-17(18-7-4-12-28-18)15-29-22(20)25-19(24-21)14-26-8-10-27-11-9-26/h1-7,12,15H,8-11,13-14H2,(H,23,24,25). The Morgan fingerprint density at radius 2 is 1.86 bits per heavy atom. The summed E-state index contributed by atoms with van der Waals surface area (Å²) in [6, 6.07) is 14.7. The van der Waals surface area contributed by atoms with Crippen LogP contribution in [0.1, 0.15) is 11.4 Å². The topological polar surface area (TPSA) is 50.3 Å². The average Bonchev–Trinajstić information content (AvgIpc) is 3.43. The summed E-state index contributed by atoms with van der Waals surface area (Å²) >= 11 is 3.45. The van der Waals surface area contributed by atoms with Gasteiger partial charge in [-0.1, -0.05) is 36.4 Å². The van der Waals surface area contributed by atoms with Gasteiger partial charge in [0.15, 0.2) is 0 Å². The van der Waals surface area contributed by atoms with Crippen LogP contribution in [0, 0.1) is 0 Å². The molecule has 5 nitrogen and oxygen atoms in total. The lowest BCUT2D eigenvalue weighted by molar-refractivity contribution is 0.0331. The quantitative estimate of drug-likeness (QED) is 0.481. The van der Waals surface area contributed by atoms with Crippen molar-refractivity contribution in [1.29, 1.82) is 0 Å². The second-order valence-corrected chi connectivity index (χ2v) is 8.83. The number of thiophene rings is 2. The highest BCUT2D eigenvalue weighted by Crippen LogP contribution is 2.39. The first kappa shape index (κ1) is 18.7. The van der Waals surface area contributed by atoms with E-state index in [1.54, 1.807) is 22.7 Å². The minimum Gasteiger partial charge on any atom is -0.379 e. The molecule has 0 spiro atoms. The molecule has 1 N–H and O–H groups in total. The van der Waals surface area contributed by atoms with Gasteiger partial charge in [0, 0.05) is 35.5 Å². The highest BCUT2D eigenvalue weighted by atomic mass is 32.1. The summed E-state index contributed by atoms with van der Waals surface area (Å²) in [7, 11) is 0. The molecule has 0 aliphatic carbocycles. The molecule has 5 rings (SSSR count). The highest BCUT2D eigenvalue weighted by Gasteiger charge is 2.18. The van der Waals surface area contributed by atoms with Crippen LogP contribution in [0.4, 0.5) is 5.82 Å². The molecule has 1 fully saturated rings. The highest BCUT2D eigenvalue weighted by molar-refractivity contribution is 7.18. The third-order valence-corrected chi connectivity index (χ3v) is 6.81. The lowest BCUT2D eigenvalue weighted by Crippen LogP contribution is -2.36. The van der Waals surface area contributed by atoms with Crippen LogP contribution in [0.15, 0.2) is 53.2 Å². The van der Waals surface area contributed by atoms with Crippen LogP contribution in [-0.4, -0.2) is 41.2 Å². The van der Waals surface area contributed by atoms with Gasteiger partial charge in [-0.15, -0.1) is 22.7 Å². The van der Waals surface area contributed by atoms with Crippen molar-refractivity contribution in [2.45, 2.75) is 13.1 Å². The molecule has 7 heteroatoms. The Morgan fingerprint density at radius 1 is 1.00 bits per heavy atom. The number of ether oxygens (including phenoxy) is 1. The summed E-state index contributed by atoms with van der Waals surface area (Å²) < 4.78 is 5.47. The summed E-state index contributed by atoms with van der Waals surface area (Å²) in [6.45, 7) is 4.92. The van der Waals surface area contributed by atoms with Crippen molar-refractivity contribution in [1.82, 2.24) is 14.9 Å². The van der Waals surface area contributed by atoms with Crippen LogP contribution >= 0.6 is 22.7 Å². The Kier molecular flexibility index (Phi) is 5.53. The summed E-state index contributed by atoms with van der Waals surface area (Å²) in [6.07, 6.45) is 0. The first-order valence-corrected chi connectivity index (χ1v) is 11.5. The Morgan fingerprint density at radius 3 is 2.66 bits per heavy atom.